The summed E-state index contributed by atoms with van der Waals surface area (Å²) in [6.07, 6.45) is 1.66. The lowest BCUT2D eigenvalue weighted by atomic mass is 10.2. The molecule has 10 heteroatoms. The summed E-state index contributed by atoms with van der Waals surface area (Å²) in [5, 5.41) is 7.48. The van der Waals surface area contributed by atoms with Crippen LogP contribution in [0.4, 0.5) is 17.8 Å². The molecule has 0 radical (unpaired) electrons. The van der Waals surface area contributed by atoms with Gasteiger partial charge in [-0.15, -0.1) is 12.4 Å². The Balaban J connectivity index is 0.00000363. The number of ether oxygens (including phenoxy) is 2. The highest BCUT2D eigenvalue weighted by Gasteiger charge is 2.08. The molecule has 0 unspecified atom stereocenters. The molecular weight excluding hydrogens is 430 g/mol. The van der Waals surface area contributed by atoms with Crippen molar-refractivity contribution in [2.45, 2.75) is 13.5 Å². The zero-order valence-electron chi connectivity index (χ0n) is 18.6. The first-order valence-electron chi connectivity index (χ1n) is 9.90. The Labute approximate surface area is 194 Å². The van der Waals surface area contributed by atoms with Crippen molar-refractivity contribution in [2.24, 2.45) is 5.10 Å². The number of nitrogens with zero attached hydrogens (tertiary/aromatic N) is 5. The van der Waals surface area contributed by atoms with Gasteiger partial charge in [-0.2, -0.15) is 20.1 Å². The Kier molecular flexibility index (Phi) is 9.49. The number of halogens is 1. The van der Waals surface area contributed by atoms with Gasteiger partial charge in [-0.25, -0.2) is 5.43 Å². The number of benzene rings is 2. The number of aromatic nitrogens is 3. The Hall–Kier alpha value is -3.59. The van der Waals surface area contributed by atoms with Crippen molar-refractivity contribution in [3.63, 3.8) is 0 Å². The number of anilines is 3. The Morgan fingerprint density at radius 1 is 1.00 bits per heavy atom. The molecule has 0 atom stereocenters. The van der Waals surface area contributed by atoms with Crippen LogP contribution in [0.15, 0.2) is 53.6 Å². The summed E-state index contributed by atoms with van der Waals surface area (Å²) in [7, 11) is 5.35. The summed E-state index contributed by atoms with van der Waals surface area (Å²) >= 11 is 0. The first-order chi connectivity index (χ1) is 15.1. The molecule has 32 heavy (non-hydrogen) atoms. The van der Waals surface area contributed by atoms with Crippen LogP contribution in [0.3, 0.4) is 0 Å². The predicted octanol–water partition coefficient (Wildman–Crippen LogP) is 3.82. The van der Waals surface area contributed by atoms with Crippen molar-refractivity contribution in [1.82, 2.24) is 15.0 Å². The van der Waals surface area contributed by atoms with Gasteiger partial charge in [0.2, 0.25) is 17.8 Å². The van der Waals surface area contributed by atoms with Crippen molar-refractivity contribution in [1.29, 1.82) is 0 Å². The molecule has 0 aliphatic heterocycles. The van der Waals surface area contributed by atoms with Gasteiger partial charge in [0.1, 0.15) is 0 Å². The van der Waals surface area contributed by atoms with Crippen LogP contribution in [0.5, 0.6) is 11.5 Å². The molecule has 2 N–H and O–H groups in total. The monoisotopic (exact) mass is 457 g/mol. The van der Waals surface area contributed by atoms with Crippen molar-refractivity contribution in [3.05, 3.63) is 59.7 Å². The lowest BCUT2D eigenvalue weighted by molar-refractivity contribution is 0.311. The number of nitrogens with one attached hydrogen (secondary N) is 2. The van der Waals surface area contributed by atoms with Crippen molar-refractivity contribution < 1.29 is 9.47 Å². The van der Waals surface area contributed by atoms with Gasteiger partial charge in [0, 0.05) is 20.6 Å². The summed E-state index contributed by atoms with van der Waals surface area (Å²) < 4.78 is 10.9. The highest BCUT2D eigenvalue weighted by molar-refractivity contribution is 5.85. The van der Waals surface area contributed by atoms with E-state index in [0.29, 0.717) is 42.5 Å². The van der Waals surface area contributed by atoms with E-state index in [1.54, 1.807) is 13.3 Å². The number of hydrazone groups is 1. The number of hydrogen-bond acceptors (Lipinski definition) is 9. The number of methoxy groups -OCH3 is 1. The van der Waals surface area contributed by atoms with Gasteiger partial charge in [0.15, 0.2) is 11.5 Å². The molecule has 0 bridgehead atoms. The quantitative estimate of drug-likeness (QED) is 0.350. The molecule has 170 valence electrons. The second-order valence-electron chi connectivity index (χ2n) is 6.73. The van der Waals surface area contributed by atoms with Gasteiger partial charge in [-0.1, -0.05) is 30.3 Å². The van der Waals surface area contributed by atoms with Crippen LogP contribution in [-0.4, -0.2) is 49.0 Å². The minimum atomic E-state index is 0. The average molecular weight is 458 g/mol. The third-order valence-electron chi connectivity index (χ3n) is 4.18. The van der Waals surface area contributed by atoms with Crippen LogP contribution in [0.2, 0.25) is 0 Å². The SMILES string of the molecule is CCOc1ccc(/C=N/Nc2nc(NCc3ccccc3)nc(N(C)C)n2)cc1OC.Cl. The molecule has 3 rings (SSSR count). The van der Waals surface area contributed by atoms with Crippen LogP contribution in [0, 0.1) is 0 Å². The van der Waals surface area contributed by atoms with E-state index < -0.39 is 0 Å². The molecule has 1 aromatic heterocycles. The maximum atomic E-state index is 5.54. The molecule has 0 saturated heterocycles. The molecule has 0 aliphatic rings. The van der Waals surface area contributed by atoms with Gasteiger partial charge in [-0.3, -0.25) is 0 Å². The Morgan fingerprint density at radius 2 is 1.75 bits per heavy atom. The fourth-order valence-corrected chi connectivity index (χ4v) is 2.67. The van der Waals surface area contributed by atoms with Gasteiger partial charge < -0.3 is 19.7 Å². The summed E-state index contributed by atoms with van der Waals surface area (Å²) in [6.45, 7) is 3.10. The van der Waals surface area contributed by atoms with E-state index in [1.807, 2.05) is 74.4 Å². The molecule has 1 heterocycles. The second-order valence-corrected chi connectivity index (χ2v) is 6.73. The van der Waals surface area contributed by atoms with Gasteiger partial charge in [0.25, 0.3) is 0 Å². The molecule has 0 spiro atoms. The first kappa shape index (κ1) is 24.7. The molecule has 0 amide bonds. The maximum absolute atomic E-state index is 5.54. The summed E-state index contributed by atoms with van der Waals surface area (Å²) in [4.78, 5) is 15.0. The zero-order valence-corrected chi connectivity index (χ0v) is 19.4. The molecule has 2 aromatic carbocycles. The van der Waals surface area contributed by atoms with E-state index in [4.69, 9.17) is 9.47 Å². The second kappa shape index (κ2) is 12.3. The topological polar surface area (TPSA) is 96.8 Å². The van der Waals surface area contributed by atoms with E-state index in [-0.39, 0.29) is 12.4 Å². The number of rotatable bonds is 10. The highest BCUT2D eigenvalue weighted by Crippen LogP contribution is 2.27. The molecule has 0 aliphatic carbocycles. The van der Waals surface area contributed by atoms with Crippen LogP contribution >= 0.6 is 12.4 Å². The largest absolute Gasteiger partial charge is 0.493 e. The summed E-state index contributed by atoms with van der Waals surface area (Å²) in [5.41, 5.74) is 4.85. The lowest BCUT2D eigenvalue weighted by Crippen LogP contribution is -2.16. The molecule has 9 nitrogen and oxygen atoms in total. The van der Waals surface area contributed by atoms with E-state index in [1.165, 1.54) is 0 Å². The maximum Gasteiger partial charge on any atom is 0.250 e. The fourth-order valence-electron chi connectivity index (χ4n) is 2.67. The molecule has 0 saturated carbocycles. The minimum Gasteiger partial charge on any atom is -0.493 e. The fraction of sp³-hybridized carbons (Fsp3) is 0.273. The van der Waals surface area contributed by atoms with Gasteiger partial charge in [0.05, 0.1) is 19.9 Å². The van der Waals surface area contributed by atoms with Crippen molar-refractivity contribution in [3.8, 4) is 11.5 Å². The molecule has 3 aromatic rings. The van der Waals surface area contributed by atoms with E-state index in [0.717, 1.165) is 11.1 Å². The Morgan fingerprint density at radius 3 is 2.44 bits per heavy atom. The molecular formula is C22H28ClN7O2. The van der Waals surface area contributed by atoms with Gasteiger partial charge in [-0.05, 0) is 36.2 Å². The first-order valence-corrected chi connectivity index (χ1v) is 9.90. The minimum absolute atomic E-state index is 0. The third-order valence-corrected chi connectivity index (χ3v) is 4.18. The van der Waals surface area contributed by atoms with Crippen LogP contribution < -0.4 is 25.1 Å². The van der Waals surface area contributed by atoms with E-state index >= 15 is 0 Å². The van der Waals surface area contributed by atoms with E-state index in [2.05, 4.69) is 30.8 Å². The normalized spacial score (nSPS) is 10.4. The van der Waals surface area contributed by atoms with Crippen molar-refractivity contribution >= 4 is 36.5 Å². The average Bonchev–Trinajstić information content (AvgIpc) is 2.79. The predicted molar refractivity (Wildman–Crippen MR) is 131 cm³/mol. The smallest absolute Gasteiger partial charge is 0.250 e. The Bertz CT molecular complexity index is 1020. The summed E-state index contributed by atoms with van der Waals surface area (Å²) in [5.74, 6) is 2.66. The van der Waals surface area contributed by atoms with Gasteiger partial charge >= 0.3 is 0 Å². The standard InChI is InChI=1S/C22H27N7O2.ClH/c1-5-31-18-12-11-17(13-19(18)30-4)15-24-28-21-25-20(26-22(27-21)29(2)3)23-14-16-9-7-6-8-10-16;/h6-13,15H,5,14H2,1-4H3,(H2,23,25,26,27,28);1H/b24-15+;. The summed E-state index contributed by atoms with van der Waals surface area (Å²) in [6, 6.07) is 15.6. The zero-order chi connectivity index (χ0) is 22.1. The third kappa shape index (κ3) is 6.98. The lowest BCUT2D eigenvalue weighted by Gasteiger charge is -2.13. The van der Waals surface area contributed by atoms with E-state index in [9.17, 15) is 0 Å². The number of hydrogen-bond donors (Lipinski definition) is 2. The van der Waals surface area contributed by atoms with Crippen LogP contribution in [0.1, 0.15) is 18.1 Å². The van der Waals surface area contributed by atoms with Crippen molar-refractivity contribution in [2.75, 3.05) is 43.5 Å². The molecule has 0 fully saturated rings. The van der Waals surface area contributed by atoms with Crippen LogP contribution in [-0.2, 0) is 6.54 Å². The highest BCUT2D eigenvalue weighted by atomic mass is 35.5. The van der Waals surface area contributed by atoms with Crippen LogP contribution in [0.25, 0.3) is 0 Å².